The van der Waals surface area contributed by atoms with E-state index < -0.39 is 0 Å². The Morgan fingerprint density at radius 3 is 2.44 bits per heavy atom. The van der Waals surface area contributed by atoms with Crippen molar-refractivity contribution in [1.29, 1.82) is 0 Å². The van der Waals surface area contributed by atoms with E-state index in [2.05, 4.69) is 29.5 Å². The lowest BCUT2D eigenvalue weighted by molar-refractivity contribution is -0.165. The highest BCUT2D eigenvalue weighted by Crippen LogP contribution is 2.69. The van der Waals surface area contributed by atoms with Crippen LogP contribution in [-0.4, -0.2) is 16.8 Å². The molecule has 2 amide bonds. The lowest BCUT2D eigenvalue weighted by Crippen LogP contribution is -2.58. The first-order valence-corrected chi connectivity index (χ1v) is 11.8. The number of pyridine rings is 1. The Balaban J connectivity index is 1.28. The molecule has 1 heterocycles. The molecule has 2 aromatic rings. The summed E-state index contributed by atoms with van der Waals surface area (Å²) in [6, 6.07) is 10.7. The zero-order valence-electron chi connectivity index (χ0n) is 18.7. The Hall–Kier alpha value is -2.40. The fraction of sp³-hybridized carbons (Fsp3) is 0.500. The Kier molecular flexibility index (Phi) is 5.08. The number of benzene rings is 1. The van der Waals surface area contributed by atoms with Crippen LogP contribution in [-0.2, 0) is 11.3 Å². The second kappa shape index (κ2) is 7.58. The summed E-state index contributed by atoms with van der Waals surface area (Å²) in [5, 5.41) is 6.30. The van der Waals surface area contributed by atoms with Gasteiger partial charge in [-0.15, -0.1) is 0 Å². The number of aromatic nitrogens is 1. The van der Waals surface area contributed by atoms with Gasteiger partial charge in [0.1, 0.15) is 0 Å². The predicted molar refractivity (Wildman–Crippen MR) is 125 cm³/mol. The Morgan fingerprint density at radius 1 is 1.06 bits per heavy atom. The van der Waals surface area contributed by atoms with Gasteiger partial charge >= 0.3 is 0 Å². The van der Waals surface area contributed by atoms with Gasteiger partial charge in [-0.1, -0.05) is 31.5 Å². The van der Waals surface area contributed by atoms with E-state index in [9.17, 15) is 9.59 Å². The van der Waals surface area contributed by atoms with Crippen molar-refractivity contribution in [2.45, 2.75) is 58.9 Å². The zero-order chi connectivity index (χ0) is 22.6. The molecule has 2 N–H and O–H groups in total. The van der Waals surface area contributed by atoms with Crippen LogP contribution in [0.25, 0.3) is 0 Å². The highest BCUT2D eigenvalue weighted by Gasteiger charge is 2.62. The summed E-state index contributed by atoms with van der Waals surface area (Å²) >= 11 is 6.42. The molecule has 0 spiro atoms. The van der Waals surface area contributed by atoms with E-state index in [1.165, 1.54) is 19.3 Å². The van der Waals surface area contributed by atoms with Gasteiger partial charge in [-0.25, -0.2) is 0 Å². The normalized spacial score (nSPS) is 32.5. The first kappa shape index (κ1) is 21.4. The SMILES string of the molecule is CC12CC3CC(C)(C1)CC(C(=O)Nc1ccc(C(=O)NCc4ccccn4)c(Cl)c1)(C3)C2. The number of carbonyl (C=O) groups excluding carboxylic acids is 2. The van der Waals surface area contributed by atoms with Gasteiger partial charge < -0.3 is 10.6 Å². The van der Waals surface area contributed by atoms with Crippen molar-refractivity contribution in [3.8, 4) is 0 Å². The summed E-state index contributed by atoms with van der Waals surface area (Å²) in [6.45, 7) is 5.07. The van der Waals surface area contributed by atoms with E-state index >= 15 is 0 Å². The molecule has 4 fully saturated rings. The second-order valence-corrected chi connectivity index (χ2v) is 11.5. The van der Waals surface area contributed by atoms with Crippen LogP contribution >= 0.6 is 11.6 Å². The quantitative estimate of drug-likeness (QED) is 0.621. The molecule has 6 heteroatoms. The molecule has 2 unspecified atom stereocenters. The molecule has 0 saturated heterocycles. The first-order chi connectivity index (χ1) is 15.2. The molecule has 168 valence electrons. The van der Waals surface area contributed by atoms with Crippen LogP contribution in [0.4, 0.5) is 5.69 Å². The highest BCUT2D eigenvalue weighted by atomic mass is 35.5. The van der Waals surface area contributed by atoms with Gasteiger partial charge in [-0.2, -0.15) is 0 Å². The van der Waals surface area contributed by atoms with Gasteiger partial charge in [0, 0.05) is 11.9 Å². The number of hydrogen-bond acceptors (Lipinski definition) is 3. The van der Waals surface area contributed by atoms with Crippen LogP contribution in [0.15, 0.2) is 42.6 Å². The maximum Gasteiger partial charge on any atom is 0.253 e. The zero-order valence-corrected chi connectivity index (χ0v) is 19.5. The third-order valence-electron chi connectivity index (χ3n) is 7.74. The minimum atomic E-state index is -0.284. The predicted octanol–water partition coefficient (Wildman–Crippen LogP) is 5.60. The van der Waals surface area contributed by atoms with Crippen molar-refractivity contribution in [2.24, 2.45) is 22.2 Å². The first-order valence-electron chi connectivity index (χ1n) is 11.5. The molecule has 1 aromatic carbocycles. The minimum absolute atomic E-state index is 0.113. The highest BCUT2D eigenvalue weighted by molar-refractivity contribution is 6.34. The molecule has 32 heavy (non-hydrogen) atoms. The molecule has 1 aromatic heterocycles. The fourth-order valence-corrected chi connectivity index (χ4v) is 7.78. The van der Waals surface area contributed by atoms with Crippen molar-refractivity contribution in [3.05, 3.63) is 58.9 Å². The second-order valence-electron chi connectivity index (χ2n) is 11.1. The van der Waals surface area contributed by atoms with Crippen molar-refractivity contribution in [2.75, 3.05) is 5.32 Å². The Labute approximate surface area is 194 Å². The van der Waals surface area contributed by atoms with E-state index in [-0.39, 0.29) is 28.1 Å². The monoisotopic (exact) mass is 451 g/mol. The van der Waals surface area contributed by atoms with Crippen LogP contribution < -0.4 is 10.6 Å². The molecular formula is C26H30ClN3O2. The van der Waals surface area contributed by atoms with E-state index in [4.69, 9.17) is 11.6 Å². The number of halogens is 1. The van der Waals surface area contributed by atoms with Crippen LogP contribution in [0.1, 0.15) is 68.4 Å². The van der Waals surface area contributed by atoms with E-state index in [0.717, 1.165) is 25.0 Å². The molecule has 0 radical (unpaired) electrons. The van der Waals surface area contributed by atoms with Crippen molar-refractivity contribution in [1.82, 2.24) is 10.3 Å². The molecule has 0 aliphatic heterocycles. The summed E-state index contributed by atoms with van der Waals surface area (Å²) in [5.41, 5.74) is 2.08. The number of nitrogens with zero attached hydrogens (tertiary/aromatic N) is 1. The van der Waals surface area contributed by atoms with Crippen molar-refractivity contribution in [3.63, 3.8) is 0 Å². The molecule has 4 aliphatic rings. The van der Waals surface area contributed by atoms with Gasteiger partial charge in [0.2, 0.25) is 5.91 Å². The Morgan fingerprint density at radius 2 is 1.81 bits per heavy atom. The van der Waals surface area contributed by atoms with E-state index in [1.54, 1.807) is 24.4 Å². The van der Waals surface area contributed by atoms with Crippen molar-refractivity contribution < 1.29 is 9.59 Å². The smallest absolute Gasteiger partial charge is 0.253 e. The van der Waals surface area contributed by atoms with Crippen LogP contribution in [0.5, 0.6) is 0 Å². The average Bonchev–Trinajstić information content (AvgIpc) is 2.70. The average molecular weight is 452 g/mol. The number of nitrogens with one attached hydrogen (secondary N) is 2. The lowest BCUT2D eigenvalue weighted by Gasteiger charge is -2.64. The summed E-state index contributed by atoms with van der Waals surface area (Å²) in [4.78, 5) is 30.3. The van der Waals surface area contributed by atoms with Crippen molar-refractivity contribution >= 4 is 29.1 Å². The molecule has 4 saturated carbocycles. The van der Waals surface area contributed by atoms with E-state index in [1.807, 2.05) is 18.2 Å². The molecular weight excluding hydrogens is 422 g/mol. The topological polar surface area (TPSA) is 71.1 Å². The third-order valence-corrected chi connectivity index (χ3v) is 8.05. The van der Waals surface area contributed by atoms with E-state index in [0.29, 0.717) is 28.7 Å². The molecule has 6 rings (SSSR count). The summed E-state index contributed by atoms with van der Waals surface area (Å²) in [7, 11) is 0. The standard InChI is InChI=1S/C26H30ClN3O2/c1-24-10-17-11-25(2,14-24)16-26(12-17,15-24)23(32)30-18-6-7-20(21(27)9-18)22(31)29-13-19-5-3-4-8-28-19/h3-9,17H,10-16H2,1-2H3,(H,29,31)(H,30,32). The fourth-order valence-electron chi connectivity index (χ4n) is 7.51. The maximum atomic E-state index is 13.5. The largest absolute Gasteiger partial charge is 0.346 e. The molecule has 2 atom stereocenters. The lowest BCUT2D eigenvalue weighted by atomic mass is 9.40. The number of hydrogen-bond donors (Lipinski definition) is 2. The number of carbonyl (C=O) groups is 2. The third kappa shape index (κ3) is 3.92. The van der Waals surface area contributed by atoms with Crippen LogP contribution in [0.2, 0.25) is 5.02 Å². The number of anilines is 1. The molecule has 4 aliphatic carbocycles. The number of rotatable bonds is 5. The van der Waals surface area contributed by atoms with Gasteiger partial charge in [0.05, 0.1) is 28.2 Å². The minimum Gasteiger partial charge on any atom is -0.346 e. The summed E-state index contributed by atoms with van der Waals surface area (Å²) in [6.07, 6.45) is 8.37. The number of amides is 2. The maximum absolute atomic E-state index is 13.5. The molecule has 4 bridgehead atoms. The van der Waals surface area contributed by atoms with Crippen LogP contribution in [0.3, 0.4) is 0 Å². The van der Waals surface area contributed by atoms with Crippen LogP contribution in [0, 0.1) is 22.2 Å². The van der Waals surface area contributed by atoms with Gasteiger partial charge in [0.15, 0.2) is 0 Å². The Bertz CT molecular complexity index is 1050. The van der Waals surface area contributed by atoms with Gasteiger partial charge in [-0.3, -0.25) is 14.6 Å². The van der Waals surface area contributed by atoms with Gasteiger partial charge in [-0.05, 0) is 85.6 Å². The summed E-state index contributed by atoms with van der Waals surface area (Å²) < 4.78 is 0. The summed E-state index contributed by atoms with van der Waals surface area (Å²) in [5.74, 6) is 0.503. The van der Waals surface area contributed by atoms with Gasteiger partial charge in [0.25, 0.3) is 5.91 Å². The molecule has 5 nitrogen and oxygen atoms in total.